The smallest absolute Gasteiger partial charge is 0.320 e. The highest BCUT2D eigenvalue weighted by Crippen LogP contribution is 2.38. The number of hydrogen-bond acceptors (Lipinski definition) is 8. The van der Waals surface area contributed by atoms with Gasteiger partial charge in [-0.25, -0.2) is 0 Å². The van der Waals surface area contributed by atoms with Gasteiger partial charge in [-0.2, -0.15) is 0 Å². The van der Waals surface area contributed by atoms with Gasteiger partial charge in [0.2, 0.25) is 18.6 Å². The monoisotopic (exact) mass is 578 g/mol. The highest BCUT2D eigenvalue weighted by atomic mass is 16.7. The van der Waals surface area contributed by atoms with Gasteiger partial charge in [-0.1, -0.05) is 49.6 Å². The topological polar surface area (TPSA) is 163 Å². The lowest BCUT2D eigenvalue weighted by Gasteiger charge is -2.39. The fourth-order valence-electron chi connectivity index (χ4n) is 5.85. The lowest BCUT2D eigenvalue weighted by molar-refractivity contribution is -0.142. The van der Waals surface area contributed by atoms with E-state index in [1.54, 1.807) is 0 Å². The van der Waals surface area contributed by atoms with Crippen molar-refractivity contribution in [1.82, 2.24) is 20.9 Å². The number of likely N-dealkylation sites (N-methyl/N-ethyl adjacent to an activating group) is 1. The number of hydrogen-bond donors (Lipinski definition) is 4. The van der Waals surface area contributed by atoms with Crippen LogP contribution in [-0.2, 0) is 20.8 Å². The van der Waals surface area contributed by atoms with E-state index in [2.05, 4.69) is 16.0 Å². The van der Waals surface area contributed by atoms with Gasteiger partial charge in [0.05, 0.1) is 16.7 Å². The molecule has 2 aromatic rings. The van der Waals surface area contributed by atoms with Gasteiger partial charge >= 0.3 is 5.97 Å². The van der Waals surface area contributed by atoms with Gasteiger partial charge in [0.1, 0.15) is 12.1 Å². The predicted octanol–water partition coefficient (Wildman–Crippen LogP) is 1.62. The van der Waals surface area contributed by atoms with E-state index in [1.165, 1.54) is 19.2 Å². The lowest BCUT2D eigenvalue weighted by Crippen LogP contribution is -2.64. The number of imide groups is 1. The number of nitrogens with zero attached hydrogens (tertiary/aromatic N) is 1. The Morgan fingerprint density at radius 2 is 1.57 bits per heavy atom. The number of rotatable bonds is 11. The van der Waals surface area contributed by atoms with E-state index in [0.29, 0.717) is 37.2 Å². The molecule has 4 amide bonds. The second-order valence-corrected chi connectivity index (χ2v) is 10.8. The van der Waals surface area contributed by atoms with Crippen molar-refractivity contribution in [3.63, 3.8) is 0 Å². The fraction of sp³-hybridized carbons (Fsp3) is 0.433. The Labute approximate surface area is 242 Å². The molecule has 1 aliphatic carbocycles. The van der Waals surface area contributed by atoms with E-state index in [4.69, 9.17) is 9.47 Å². The number of nitrogens with one attached hydrogen (secondary N) is 3. The van der Waals surface area contributed by atoms with E-state index in [0.717, 1.165) is 16.9 Å². The van der Waals surface area contributed by atoms with Crippen LogP contribution in [0, 0.1) is 0 Å². The Hall–Kier alpha value is -4.45. The van der Waals surface area contributed by atoms with Gasteiger partial charge in [-0.05, 0) is 37.0 Å². The van der Waals surface area contributed by atoms with Crippen LogP contribution in [0.15, 0.2) is 42.5 Å². The molecule has 1 saturated carbocycles. The second kappa shape index (κ2) is 12.2. The molecule has 0 spiro atoms. The van der Waals surface area contributed by atoms with E-state index < -0.39 is 41.3 Å². The minimum absolute atomic E-state index is 0.00172. The number of carboxylic acids is 1. The third kappa shape index (κ3) is 5.80. The number of carboxylic acid groups (broad SMARTS) is 1. The number of ether oxygens (including phenoxy) is 2. The highest BCUT2D eigenvalue weighted by Gasteiger charge is 2.44. The van der Waals surface area contributed by atoms with Crippen LogP contribution in [0.4, 0.5) is 0 Å². The first-order valence-corrected chi connectivity index (χ1v) is 14.1. The van der Waals surface area contributed by atoms with Crippen molar-refractivity contribution in [3.8, 4) is 11.5 Å². The fourth-order valence-corrected chi connectivity index (χ4v) is 5.85. The molecule has 0 radical (unpaired) electrons. The molecule has 0 aromatic heterocycles. The number of aliphatic carboxylic acids is 1. The van der Waals surface area contributed by atoms with Crippen LogP contribution in [0.2, 0.25) is 0 Å². The first-order chi connectivity index (χ1) is 20.2. The van der Waals surface area contributed by atoms with Crippen LogP contribution < -0.4 is 25.4 Å². The van der Waals surface area contributed by atoms with Crippen molar-refractivity contribution in [3.05, 3.63) is 59.2 Å². The molecule has 1 fully saturated rings. The molecule has 2 aliphatic heterocycles. The summed E-state index contributed by atoms with van der Waals surface area (Å²) in [5, 5.41) is 18.6. The lowest BCUT2D eigenvalue weighted by atomic mass is 9.79. The van der Waals surface area contributed by atoms with E-state index >= 15 is 0 Å². The summed E-state index contributed by atoms with van der Waals surface area (Å²) >= 11 is 0. The molecule has 42 heavy (non-hydrogen) atoms. The summed E-state index contributed by atoms with van der Waals surface area (Å²) in [6.45, 7) is -0.170. The van der Waals surface area contributed by atoms with Crippen molar-refractivity contribution >= 4 is 29.6 Å². The Morgan fingerprint density at radius 3 is 2.14 bits per heavy atom. The molecule has 12 heteroatoms. The largest absolute Gasteiger partial charge is 0.480 e. The van der Waals surface area contributed by atoms with Crippen LogP contribution in [0.1, 0.15) is 64.8 Å². The molecule has 4 N–H and O–H groups in total. The average Bonchev–Trinajstić information content (AvgIpc) is 3.55. The maximum absolute atomic E-state index is 13.8. The van der Waals surface area contributed by atoms with Gasteiger partial charge in [0, 0.05) is 20.0 Å². The van der Waals surface area contributed by atoms with Gasteiger partial charge in [-0.15, -0.1) is 0 Å². The zero-order valence-corrected chi connectivity index (χ0v) is 23.3. The Bertz CT molecular complexity index is 1350. The predicted molar refractivity (Wildman–Crippen MR) is 149 cm³/mol. The van der Waals surface area contributed by atoms with Crippen molar-refractivity contribution in [2.24, 2.45) is 0 Å². The van der Waals surface area contributed by atoms with Gasteiger partial charge in [0.15, 0.2) is 11.5 Å². The van der Waals surface area contributed by atoms with Crippen molar-refractivity contribution in [2.75, 3.05) is 20.4 Å². The summed E-state index contributed by atoms with van der Waals surface area (Å²) in [5.41, 5.74) is -0.0247. The summed E-state index contributed by atoms with van der Waals surface area (Å²) in [4.78, 5) is 66.0. The average molecular weight is 579 g/mol. The first kappa shape index (κ1) is 29.1. The van der Waals surface area contributed by atoms with Crippen LogP contribution in [-0.4, -0.2) is 77.6 Å². The number of benzene rings is 2. The maximum Gasteiger partial charge on any atom is 0.320 e. The molecule has 5 rings (SSSR count). The number of carbonyl (C=O) groups is 5. The van der Waals surface area contributed by atoms with Gasteiger partial charge in [-0.3, -0.25) is 34.2 Å². The van der Waals surface area contributed by atoms with E-state index in [9.17, 15) is 29.1 Å². The van der Waals surface area contributed by atoms with E-state index in [1.807, 2.05) is 30.3 Å². The number of fused-ring (bicyclic) bond motifs is 2. The number of carbonyl (C=O) groups excluding carboxylic acids is 4. The molecule has 12 nitrogen and oxygen atoms in total. The minimum atomic E-state index is -1.23. The van der Waals surface area contributed by atoms with Crippen molar-refractivity contribution < 1.29 is 38.6 Å². The van der Waals surface area contributed by atoms with Crippen LogP contribution in [0.3, 0.4) is 0 Å². The molecular formula is C30H34N4O8. The first-order valence-electron chi connectivity index (χ1n) is 14.1. The van der Waals surface area contributed by atoms with Gasteiger partial charge < -0.3 is 25.2 Å². The number of amides is 4. The Morgan fingerprint density at radius 1 is 0.952 bits per heavy atom. The molecule has 2 atom stereocenters. The second-order valence-electron chi connectivity index (χ2n) is 10.8. The summed E-state index contributed by atoms with van der Waals surface area (Å²) in [6.07, 6.45) is 3.20. The SMILES string of the molecule is CNC(=O)C(Cc1ccccc1)NC(=O)C1(NC(CCN2C(=O)c3cc4c(cc3C2=O)OCO4)C(=O)O)CCCCC1. The standard InChI is InChI=1S/C30H34N4O8/c1-31-25(35)22(14-18-8-4-2-5-9-18)32-29(40)30(11-6-3-7-12-30)33-21(28(38)39)10-13-34-26(36)19-15-23-24(42-17-41-23)16-20(19)27(34)37/h2,4-5,8-9,15-16,21-22,33H,3,6-7,10-14,17H2,1H3,(H,31,35)(H,32,40)(H,38,39). The Balaban J connectivity index is 1.30. The van der Waals surface area contributed by atoms with Crippen molar-refractivity contribution in [2.45, 2.75) is 62.6 Å². The third-order valence-electron chi connectivity index (χ3n) is 8.15. The molecule has 0 saturated heterocycles. The summed E-state index contributed by atoms with van der Waals surface area (Å²) in [6, 6.07) is 10.1. The van der Waals surface area contributed by atoms with Crippen LogP contribution >= 0.6 is 0 Å². The van der Waals surface area contributed by atoms with Crippen LogP contribution in [0.25, 0.3) is 0 Å². The molecule has 3 aliphatic rings. The zero-order chi connectivity index (χ0) is 29.9. The summed E-state index contributed by atoms with van der Waals surface area (Å²) in [5.74, 6) is -2.37. The van der Waals surface area contributed by atoms with Crippen molar-refractivity contribution in [1.29, 1.82) is 0 Å². The quantitative estimate of drug-likeness (QED) is 0.290. The molecule has 2 heterocycles. The molecular weight excluding hydrogens is 544 g/mol. The zero-order valence-electron chi connectivity index (χ0n) is 23.3. The molecule has 2 unspecified atom stereocenters. The molecule has 0 bridgehead atoms. The van der Waals surface area contributed by atoms with E-state index in [-0.39, 0.29) is 43.2 Å². The third-order valence-corrected chi connectivity index (χ3v) is 8.15. The molecule has 2 aromatic carbocycles. The molecule has 222 valence electrons. The van der Waals surface area contributed by atoms with Crippen LogP contribution in [0.5, 0.6) is 11.5 Å². The summed E-state index contributed by atoms with van der Waals surface area (Å²) < 4.78 is 10.6. The summed E-state index contributed by atoms with van der Waals surface area (Å²) in [7, 11) is 1.49. The normalized spacial score (nSPS) is 18.3. The Kier molecular flexibility index (Phi) is 8.44. The minimum Gasteiger partial charge on any atom is -0.480 e. The highest BCUT2D eigenvalue weighted by molar-refractivity contribution is 6.21. The maximum atomic E-state index is 13.8. The van der Waals surface area contributed by atoms with Gasteiger partial charge in [0.25, 0.3) is 11.8 Å².